The summed E-state index contributed by atoms with van der Waals surface area (Å²) in [5.41, 5.74) is 0.329. The molecule has 1 aliphatic heterocycles. The molecule has 1 N–H and O–H groups in total. The smallest absolute Gasteiger partial charge is 0.254 e. The van der Waals surface area contributed by atoms with E-state index < -0.39 is 5.60 Å². The van der Waals surface area contributed by atoms with Gasteiger partial charge in [0.25, 0.3) is 5.91 Å². The number of benzene rings is 1. The van der Waals surface area contributed by atoms with Crippen LogP contribution in [0.3, 0.4) is 0 Å². The van der Waals surface area contributed by atoms with Gasteiger partial charge < -0.3 is 15.0 Å². The van der Waals surface area contributed by atoms with Crippen molar-refractivity contribution in [1.82, 2.24) is 10.2 Å². The van der Waals surface area contributed by atoms with E-state index in [9.17, 15) is 9.18 Å². The third-order valence-electron chi connectivity index (χ3n) is 4.19. The molecule has 0 atom stereocenters. The molecule has 1 fully saturated rings. The van der Waals surface area contributed by atoms with Crippen molar-refractivity contribution in [2.45, 2.75) is 24.9 Å². The Morgan fingerprint density at radius 1 is 1.32 bits per heavy atom. The molecule has 1 amide bonds. The fourth-order valence-electron chi connectivity index (χ4n) is 2.73. The highest BCUT2D eigenvalue weighted by atomic mass is 35.5. The van der Waals surface area contributed by atoms with Crippen LogP contribution in [-0.4, -0.2) is 50.2 Å². The van der Waals surface area contributed by atoms with E-state index in [1.807, 2.05) is 0 Å². The first kappa shape index (κ1) is 18.9. The Morgan fingerprint density at radius 2 is 1.91 bits per heavy atom. The monoisotopic (exact) mass is 330 g/mol. The molecule has 0 aromatic heterocycles. The first-order chi connectivity index (χ1) is 10.1. The van der Waals surface area contributed by atoms with Gasteiger partial charge in [0.15, 0.2) is 0 Å². The highest BCUT2D eigenvalue weighted by Gasteiger charge is 2.41. The molecule has 1 aliphatic rings. The third-order valence-corrected chi connectivity index (χ3v) is 4.19. The maximum Gasteiger partial charge on any atom is 0.254 e. The van der Waals surface area contributed by atoms with Crippen LogP contribution in [0.25, 0.3) is 0 Å². The van der Waals surface area contributed by atoms with Gasteiger partial charge >= 0.3 is 0 Å². The van der Waals surface area contributed by atoms with Crippen molar-refractivity contribution in [2.24, 2.45) is 0 Å². The van der Waals surface area contributed by atoms with E-state index in [2.05, 4.69) is 5.32 Å². The Labute approximate surface area is 137 Å². The summed E-state index contributed by atoms with van der Waals surface area (Å²) in [6, 6.07) is 6.40. The molecule has 1 heterocycles. The number of hydrogen-bond donors (Lipinski definition) is 1. The van der Waals surface area contributed by atoms with E-state index in [0.717, 1.165) is 18.7 Å². The minimum atomic E-state index is -0.692. The molecule has 1 aromatic carbocycles. The molecule has 0 saturated carbocycles. The van der Waals surface area contributed by atoms with Crippen molar-refractivity contribution in [2.75, 3.05) is 33.8 Å². The summed E-state index contributed by atoms with van der Waals surface area (Å²) >= 11 is 0. The minimum Gasteiger partial charge on any atom is -0.368 e. The minimum absolute atomic E-state index is 0. The van der Waals surface area contributed by atoms with Crippen LogP contribution in [0, 0.1) is 5.82 Å². The van der Waals surface area contributed by atoms with Gasteiger partial charge in [0.2, 0.25) is 0 Å². The van der Waals surface area contributed by atoms with Gasteiger partial charge in [-0.25, -0.2) is 4.39 Å². The van der Waals surface area contributed by atoms with Crippen LogP contribution < -0.4 is 5.32 Å². The number of methoxy groups -OCH3 is 1. The number of nitrogens with one attached hydrogen (secondary N) is 1. The van der Waals surface area contributed by atoms with Gasteiger partial charge in [-0.3, -0.25) is 4.79 Å². The number of hydrogen-bond acceptors (Lipinski definition) is 3. The Kier molecular flexibility index (Phi) is 7.26. The summed E-state index contributed by atoms with van der Waals surface area (Å²) in [6.07, 6.45) is 2.10. The van der Waals surface area contributed by atoms with Crippen molar-refractivity contribution in [3.05, 3.63) is 35.6 Å². The lowest BCUT2D eigenvalue weighted by atomic mass is 9.90. The van der Waals surface area contributed by atoms with Gasteiger partial charge in [0, 0.05) is 20.7 Å². The molecular formula is C16H24ClFN2O2. The van der Waals surface area contributed by atoms with E-state index in [0.29, 0.717) is 25.8 Å². The number of carbonyl (C=O) groups excluding carboxylic acids is 1. The normalized spacial score (nSPS) is 16.7. The summed E-state index contributed by atoms with van der Waals surface area (Å²) in [6.45, 7) is 2.19. The fraction of sp³-hybridized carbons (Fsp3) is 0.562. The first-order valence-electron chi connectivity index (χ1n) is 7.33. The third kappa shape index (κ3) is 4.41. The highest BCUT2D eigenvalue weighted by Crippen LogP contribution is 2.24. The number of piperidine rings is 1. The number of ether oxygens (including phenoxy) is 1. The Bertz CT molecular complexity index is 476. The molecule has 1 saturated heterocycles. The lowest BCUT2D eigenvalue weighted by Gasteiger charge is -2.37. The second kappa shape index (κ2) is 8.46. The maximum atomic E-state index is 12.9. The summed E-state index contributed by atoms with van der Waals surface area (Å²) in [5.74, 6) is -0.204. The van der Waals surface area contributed by atoms with Crippen LogP contribution >= 0.6 is 12.4 Å². The zero-order chi connectivity index (χ0) is 15.3. The fourth-order valence-corrected chi connectivity index (χ4v) is 2.73. The molecule has 2 rings (SSSR count). The van der Waals surface area contributed by atoms with Crippen LogP contribution in [0.5, 0.6) is 0 Å². The van der Waals surface area contributed by atoms with Gasteiger partial charge in [0.05, 0.1) is 0 Å². The lowest BCUT2D eigenvalue weighted by Crippen LogP contribution is -2.54. The maximum absolute atomic E-state index is 12.9. The largest absolute Gasteiger partial charge is 0.368 e. The number of rotatable bonds is 5. The molecule has 0 unspecified atom stereocenters. The molecule has 4 nitrogen and oxygen atoms in total. The quantitative estimate of drug-likeness (QED) is 0.898. The number of amides is 1. The molecule has 124 valence electrons. The lowest BCUT2D eigenvalue weighted by molar-refractivity contribution is -0.156. The zero-order valence-corrected chi connectivity index (χ0v) is 13.9. The van der Waals surface area contributed by atoms with E-state index in [-0.39, 0.29) is 24.1 Å². The molecule has 0 radical (unpaired) electrons. The van der Waals surface area contributed by atoms with Crippen molar-refractivity contribution < 1.29 is 13.9 Å². The molecular weight excluding hydrogens is 307 g/mol. The predicted molar refractivity (Wildman–Crippen MR) is 86.8 cm³/mol. The van der Waals surface area contributed by atoms with Crippen LogP contribution in [0.2, 0.25) is 0 Å². The van der Waals surface area contributed by atoms with Crippen molar-refractivity contribution in [3.63, 3.8) is 0 Å². The van der Waals surface area contributed by atoms with Crippen molar-refractivity contribution >= 4 is 18.3 Å². The number of likely N-dealkylation sites (N-methyl/N-ethyl adjacent to an activating group) is 1. The van der Waals surface area contributed by atoms with Gasteiger partial charge in [-0.15, -0.1) is 12.4 Å². The molecule has 0 aliphatic carbocycles. The van der Waals surface area contributed by atoms with Crippen molar-refractivity contribution in [1.29, 1.82) is 0 Å². The van der Waals surface area contributed by atoms with E-state index >= 15 is 0 Å². The average Bonchev–Trinajstić information content (AvgIpc) is 2.54. The summed E-state index contributed by atoms with van der Waals surface area (Å²) in [7, 11) is 3.41. The molecule has 1 aromatic rings. The summed E-state index contributed by atoms with van der Waals surface area (Å²) in [5, 5.41) is 3.24. The van der Waals surface area contributed by atoms with Crippen molar-refractivity contribution in [3.8, 4) is 0 Å². The SMILES string of the molecule is COC1(C(=O)N(C)CCc2ccc(F)cc2)CCNCC1.Cl. The van der Waals surface area contributed by atoms with Crippen LogP contribution in [-0.2, 0) is 16.0 Å². The standard InChI is InChI=1S/C16H23FN2O2.ClH/c1-19(12-7-13-3-5-14(17)6-4-13)15(20)16(21-2)8-10-18-11-9-16;/h3-6,18H,7-12H2,1-2H3;1H. The Morgan fingerprint density at radius 3 is 2.45 bits per heavy atom. The predicted octanol–water partition coefficient (Wildman–Crippen LogP) is 2.02. The second-order valence-electron chi connectivity index (χ2n) is 5.55. The molecule has 6 heteroatoms. The van der Waals surface area contributed by atoms with Gasteiger partial charge in [-0.05, 0) is 50.0 Å². The van der Waals surface area contributed by atoms with Crippen LogP contribution in [0.4, 0.5) is 4.39 Å². The second-order valence-corrected chi connectivity index (χ2v) is 5.55. The van der Waals surface area contributed by atoms with Gasteiger partial charge in [-0.2, -0.15) is 0 Å². The number of nitrogens with zero attached hydrogens (tertiary/aromatic N) is 1. The van der Waals surface area contributed by atoms with E-state index in [1.54, 1.807) is 31.2 Å². The van der Waals surface area contributed by atoms with Gasteiger partial charge in [-0.1, -0.05) is 12.1 Å². The van der Waals surface area contributed by atoms with E-state index in [1.165, 1.54) is 12.1 Å². The average molecular weight is 331 g/mol. The Hall–Kier alpha value is -1.17. The molecule has 0 spiro atoms. The first-order valence-corrected chi connectivity index (χ1v) is 7.33. The number of carbonyl (C=O) groups is 1. The Balaban J connectivity index is 0.00000242. The number of halogens is 2. The summed E-state index contributed by atoms with van der Waals surface area (Å²) in [4.78, 5) is 14.4. The highest BCUT2D eigenvalue weighted by molar-refractivity contribution is 5.85. The molecule has 0 bridgehead atoms. The summed E-state index contributed by atoms with van der Waals surface area (Å²) < 4.78 is 18.4. The zero-order valence-electron chi connectivity index (χ0n) is 13.1. The van der Waals surface area contributed by atoms with Gasteiger partial charge in [0.1, 0.15) is 11.4 Å². The van der Waals surface area contributed by atoms with E-state index in [4.69, 9.17) is 4.74 Å². The van der Waals surface area contributed by atoms with Crippen LogP contribution in [0.15, 0.2) is 24.3 Å². The molecule has 22 heavy (non-hydrogen) atoms. The van der Waals surface area contributed by atoms with Crippen LogP contribution in [0.1, 0.15) is 18.4 Å². The topological polar surface area (TPSA) is 41.6 Å².